The zero-order valence-corrected chi connectivity index (χ0v) is 14.9. The first-order chi connectivity index (χ1) is 12.6. The predicted molar refractivity (Wildman–Crippen MR) is 99.7 cm³/mol. The molecule has 2 aromatic rings. The van der Waals surface area contributed by atoms with Crippen LogP contribution < -0.4 is 9.64 Å². The molecule has 2 amide bonds. The Morgan fingerprint density at radius 1 is 0.923 bits per heavy atom. The van der Waals surface area contributed by atoms with Crippen molar-refractivity contribution in [3.63, 3.8) is 0 Å². The van der Waals surface area contributed by atoms with E-state index >= 15 is 0 Å². The summed E-state index contributed by atoms with van der Waals surface area (Å²) in [6.07, 6.45) is 2.68. The summed E-state index contributed by atoms with van der Waals surface area (Å²) in [5.74, 6) is 0.895. The smallest absolute Gasteiger partial charge is 0.237 e. The number of amides is 2. The molecule has 3 atom stereocenters. The summed E-state index contributed by atoms with van der Waals surface area (Å²) < 4.78 is 5.78. The van der Waals surface area contributed by atoms with Crippen molar-refractivity contribution in [3.8, 4) is 5.75 Å². The number of imide groups is 1. The maximum atomic E-state index is 12.8. The summed E-state index contributed by atoms with van der Waals surface area (Å²) in [6.45, 7) is 2.65. The molecule has 4 rings (SSSR count). The van der Waals surface area contributed by atoms with E-state index in [1.165, 1.54) is 4.90 Å². The number of rotatable bonds is 4. The summed E-state index contributed by atoms with van der Waals surface area (Å²) in [5, 5.41) is 0. The number of carbonyl (C=O) groups excluding carboxylic acids is 2. The molecular weight excluding hydrogens is 326 g/mol. The second kappa shape index (κ2) is 6.94. The van der Waals surface area contributed by atoms with Crippen molar-refractivity contribution in [2.24, 2.45) is 17.8 Å². The second-order valence-corrected chi connectivity index (χ2v) is 7.41. The number of fused-ring (bicyclic) bond motifs is 1. The molecular formula is C22H23NO3. The van der Waals surface area contributed by atoms with Crippen molar-refractivity contribution in [1.29, 1.82) is 0 Å². The fourth-order valence-corrected chi connectivity index (χ4v) is 4.08. The van der Waals surface area contributed by atoms with Crippen LogP contribution in [0.2, 0.25) is 0 Å². The SMILES string of the molecule is CC1CCC2C(=O)N(c3ccc(OCc4ccccc4)cc3)C(=O)C2C1. The highest BCUT2D eigenvalue weighted by Crippen LogP contribution is 2.42. The van der Waals surface area contributed by atoms with Crippen molar-refractivity contribution in [2.75, 3.05) is 4.90 Å². The number of carbonyl (C=O) groups is 2. The van der Waals surface area contributed by atoms with E-state index in [2.05, 4.69) is 6.92 Å². The Bertz CT molecular complexity index is 800. The molecule has 2 aliphatic rings. The summed E-state index contributed by atoms with van der Waals surface area (Å²) in [5.41, 5.74) is 1.74. The Labute approximate surface area is 153 Å². The summed E-state index contributed by atoms with van der Waals surface area (Å²) in [6, 6.07) is 17.2. The first kappa shape index (κ1) is 16.8. The minimum Gasteiger partial charge on any atom is -0.489 e. The third kappa shape index (κ3) is 3.12. The van der Waals surface area contributed by atoms with Gasteiger partial charge in [0.05, 0.1) is 17.5 Å². The van der Waals surface area contributed by atoms with Crippen LogP contribution in [0.3, 0.4) is 0 Å². The number of hydrogen-bond donors (Lipinski definition) is 0. The molecule has 4 nitrogen and oxygen atoms in total. The number of nitrogens with zero attached hydrogens (tertiary/aromatic N) is 1. The van der Waals surface area contributed by atoms with Gasteiger partial charge in [-0.2, -0.15) is 0 Å². The number of ether oxygens (including phenoxy) is 1. The molecule has 3 unspecified atom stereocenters. The Hall–Kier alpha value is -2.62. The maximum absolute atomic E-state index is 12.8. The van der Waals surface area contributed by atoms with Crippen LogP contribution in [0, 0.1) is 17.8 Å². The van der Waals surface area contributed by atoms with Gasteiger partial charge in [-0.15, -0.1) is 0 Å². The third-order valence-corrected chi connectivity index (χ3v) is 5.53. The molecule has 0 spiro atoms. The highest BCUT2D eigenvalue weighted by molar-refractivity contribution is 6.22. The van der Waals surface area contributed by atoms with Gasteiger partial charge in [-0.05, 0) is 55.0 Å². The number of benzene rings is 2. The van der Waals surface area contributed by atoms with Gasteiger partial charge < -0.3 is 4.74 Å². The van der Waals surface area contributed by atoms with Crippen molar-refractivity contribution < 1.29 is 14.3 Å². The van der Waals surface area contributed by atoms with Crippen LogP contribution in [-0.4, -0.2) is 11.8 Å². The summed E-state index contributed by atoms with van der Waals surface area (Å²) in [4.78, 5) is 26.9. The molecule has 2 aromatic carbocycles. The van der Waals surface area contributed by atoms with E-state index < -0.39 is 0 Å². The molecule has 1 aliphatic carbocycles. The van der Waals surface area contributed by atoms with E-state index in [-0.39, 0.29) is 23.7 Å². The van der Waals surface area contributed by atoms with Gasteiger partial charge in [0.15, 0.2) is 0 Å². The van der Waals surface area contributed by atoms with Gasteiger partial charge in [-0.25, -0.2) is 0 Å². The fourth-order valence-electron chi connectivity index (χ4n) is 4.08. The molecule has 2 fully saturated rings. The highest BCUT2D eigenvalue weighted by Gasteiger charge is 2.49. The van der Waals surface area contributed by atoms with E-state index in [0.717, 1.165) is 30.6 Å². The normalized spacial score (nSPS) is 25.3. The topological polar surface area (TPSA) is 46.6 Å². The fraction of sp³-hybridized carbons (Fsp3) is 0.364. The van der Waals surface area contributed by atoms with E-state index in [1.54, 1.807) is 12.1 Å². The molecule has 0 aromatic heterocycles. The van der Waals surface area contributed by atoms with Gasteiger partial charge in [0.2, 0.25) is 11.8 Å². The molecule has 134 valence electrons. The average molecular weight is 349 g/mol. The molecule has 1 saturated carbocycles. The van der Waals surface area contributed by atoms with E-state index in [1.807, 2.05) is 42.5 Å². The number of anilines is 1. The molecule has 0 radical (unpaired) electrons. The lowest BCUT2D eigenvalue weighted by molar-refractivity contribution is -0.122. The van der Waals surface area contributed by atoms with Gasteiger partial charge >= 0.3 is 0 Å². The Balaban J connectivity index is 1.46. The molecule has 0 bridgehead atoms. The highest BCUT2D eigenvalue weighted by atomic mass is 16.5. The van der Waals surface area contributed by atoms with Crippen LogP contribution in [0.4, 0.5) is 5.69 Å². The van der Waals surface area contributed by atoms with Crippen LogP contribution >= 0.6 is 0 Å². The minimum atomic E-state index is -0.139. The lowest BCUT2D eigenvalue weighted by atomic mass is 9.76. The largest absolute Gasteiger partial charge is 0.489 e. The van der Waals surface area contributed by atoms with Crippen LogP contribution in [0.1, 0.15) is 31.7 Å². The maximum Gasteiger partial charge on any atom is 0.237 e. The zero-order chi connectivity index (χ0) is 18.1. The van der Waals surface area contributed by atoms with Gasteiger partial charge in [-0.1, -0.05) is 37.3 Å². The van der Waals surface area contributed by atoms with E-state index in [0.29, 0.717) is 18.2 Å². The average Bonchev–Trinajstić information content (AvgIpc) is 2.91. The zero-order valence-electron chi connectivity index (χ0n) is 14.9. The first-order valence-corrected chi connectivity index (χ1v) is 9.28. The minimum absolute atomic E-state index is 0.0372. The van der Waals surface area contributed by atoms with Gasteiger partial charge in [0, 0.05) is 0 Å². The predicted octanol–water partition coefficient (Wildman–Crippen LogP) is 4.19. The van der Waals surface area contributed by atoms with Crippen molar-refractivity contribution in [3.05, 3.63) is 60.2 Å². The van der Waals surface area contributed by atoms with Crippen molar-refractivity contribution >= 4 is 17.5 Å². The summed E-state index contributed by atoms with van der Waals surface area (Å²) >= 11 is 0. The van der Waals surface area contributed by atoms with Crippen LogP contribution in [0.25, 0.3) is 0 Å². The summed E-state index contributed by atoms with van der Waals surface area (Å²) in [7, 11) is 0. The Morgan fingerprint density at radius 3 is 2.35 bits per heavy atom. The van der Waals surface area contributed by atoms with Crippen molar-refractivity contribution in [1.82, 2.24) is 0 Å². The Kier molecular flexibility index (Phi) is 4.49. The molecule has 1 heterocycles. The molecule has 0 N–H and O–H groups in total. The van der Waals surface area contributed by atoms with E-state index in [4.69, 9.17) is 4.74 Å². The molecule has 1 aliphatic heterocycles. The van der Waals surface area contributed by atoms with Crippen LogP contribution in [-0.2, 0) is 16.2 Å². The molecule has 26 heavy (non-hydrogen) atoms. The molecule has 1 saturated heterocycles. The van der Waals surface area contributed by atoms with Crippen molar-refractivity contribution in [2.45, 2.75) is 32.8 Å². The van der Waals surface area contributed by atoms with E-state index in [9.17, 15) is 9.59 Å². The standard InChI is InChI=1S/C22H23NO3/c1-15-7-12-19-20(13-15)22(25)23(21(19)24)17-8-10-18(11-9-17)26-14-16-5-3-2-4-6-16/h2-6,8-11,15,19-20H,7,12-14H2,1H3. The van der Waals surface area contributed by atoms with Crippen LogP contribution in [0.5, 0.6) is 5.75 Å². The number of hydrogen-bond acceptors (Lipinski definition) is 3. The third-order valence-electron chi connectivity index (χ3n) is 5.53. The lowest BCUT2D eigenvalue weighted by Crippen LogP contribution is -2.30. The van der Waals surface area contributed by atoms with Gasteiger partial charge in [-0.3, -0.25) is 14.5 Å². The monoisotopic (exact) mass is 349 g/mol. The lowest BCUT2D eigenvalue weighted by Gasteiger charge is -2.25. The first-order valence-electron chi connectivity index (χ1n) is 9.28. The Morgan fingerprint density at radius 2 is 1.62 bits per heavy atom. The van der Waals surface area contributed by atoms with Gasteiger partial charge in [0.1, 0.15) is 12.4 Å². The van der Waals surface area contributed by atoms with Gasteiger partial charge in [0.25, 0.3) is 0 Å². The molecule has 4 heteroatoms. The quantitative estimate of drug-likeness (QED) is 0.778. The van der Waals surface area contributed by atoms with Crippen LogP contribution in [0.15, 0.2) is 54.6 Å². The second-order valence-electron chi connectivity index (χ2n) is 7.41.